The van der Waals surface area contributed by atoms with Crippen LogP contribution < -0.4 is 0 Å². The topological polar surface area (TPSA) is 20.3 Å². The Hall–Kier alpha value is -1.31. The minimum Gasteiger partial charge on any atom is -0.335 e. The third-order valence-corrected chi connectivity index (χ3v) is 5.67. The summed E-state index contributed by atoms with van der Waals surface area (Å²) in [6, 6.07) is 8.66. The normalized spacial score (nSPS) is 29.7. The molecule has 0 radical (unpaired) electrons. The summed E-state index contributed by atoms with van der Waals surface area (Å²) in [5.74, 6) is 0.219. The van der Waals surface area contributed by atoms with E-state index in [4.69, 9.17) is 0 Å². The van der Waals surface area contributed by atoms with E-state index in [-0.39, 0.29) is 11.3 Å². The molecule has 0 spiro atoms. The van der Waals surface area contributed by atoms with Crippen molar-refractivity contribution in [1.29, 1.82) is 0 Å². The second kappa shape index (κ2) is 5.09. The monoisotopic (exact) mass is 313 g/mol. The summed E-state index contributed by atoms with van der Waals surface area (Å²) in [5.41, 5.74) is 2.90. The van der Waals surface area contributed by atoms with Crippen molar-refractivity contribution >= 4 is 5.91 Å². The van der Waals surface area contributed by atoms with Crippen molar-refractivity contribution < 1.29 is 4.79 Å². The first-order valence-corrected chi connectivity index (χ1v) is 8.91. The lowest BCUT2D eigenvalue weighted by molar-refractivity contribution is 0.0708. The summed E-state index contributed by atoms with van der Waals surface area (Å²) < 4.78 is 0. The number of nitrogens with zero attached hydrogens (tertiary/aromatic N) is 1. The van der Waals surface area contributed by atoms with E-state index in [0.717, 1.165) is 18.5 Å². The highest BCUT2D eigenvalue weighted by Gasteiger charge is 2.50. The molecule has 2 unspecified atom stereocenters. The van der Waals surface area contributed by atoms with Crippen LogP contribution in [0.25, 0.3) is 0 Å². The van der Waals surface area contributed by atoms with E-state index in [1.807, 2.05) is 12.1 Å². The number of carbonyl (C=O) groups is 1. The van der Waals surface area contributed by atoms with E-state index in [9.17, 15) is 4.79 Å². The molecule has 0 N–H and O–H groups in total. The number of hydrogen-bond acceptors (Lipinski definition) is 1. The predicted molar refractivity (Wildman–Crippen MR) is 95.7 cm³/mol. The van der Waals surface area contributed by atoms with Crippen molar-refractivity contribution in [2.24, 2.45) is 10.8 Å². The molecule has 2 aliphatic rings. The lowest BCUT2D eigenvalue weighted by Crippen LogP contribution is -2.37. The molecule has 1 saturated carbocycles. The van der Waals surface area contributed by atoms with E-state index >= 15 is 0 Å². The average Bonchev–Trinajstić information content (AvgIpc) is 2.66. The van der Waals surface area contributed by atoms with Crippen LogP contribution in [-0.4, -0.2) is 23.4 Å². The van der Waals surface area contributed by atoms with Crippen molar-refractivity contribution in [3.8, 4) is 0 Å². The van der Waals surface area contributed by atoms with E-state index < -0.39 is 0 Å². The highest BCUT2D eigenvalue weighted by Crippen LogP contribution is 2.52. The SMILES string of the molecule is CC1(C)CC2CC(C)(CN2C(=O)c2ccc(C(C)(C)C)cc2)C1. The average molecular weight is 313 g/mol. The van der Waals surface area contributed by atoms with Gasteiger partial charge in [-0.2, -0.15) is 0 Å². The van der Waals surface area contributed by atoms with Crippen molar-refractivity contribution in [2.45, 2.75) is 72.3 Å². The number of amides is 1. The van der Waals surface area contributed by atoms with Crippen LogP contribution in [0, 0.1) is 10.8 Å². The summed E-state index contributed by atoms with van der Waals surface area (Å²) in [4.78, 5) is 15.2. The number of hydrogen-bond donors (Lipinski definition) is 0. The van der Waals surface area contributed by atoms with Gasteiger partial charge in [-0.05, 0) is 53.2 Å². The first-order valence-electron chi connectivity index (χ1n) is 8.91. The Bertz CT molecular complexity index is 608. The van der Waals surface area contributed by atoms with Gasteiger partial charge >= 0.3 is 0 Å². The van der Waals surface area contributed by atoms with E-state index in [0.29, 0.717) is 16.9 Å². The summed E-state index contributed by atoms with van der Waals surface area (Å²) in [5, 5.41) is 0. The Balaban J connectivity index is 1.82. The number of fused-ring (bicyclic) bond motifs is 2. The van der Waals surface area contributed by atoms with Crippen molar-refractivity contribution in [1.82, 2.24) is 4.90 Å². The molecular weight excluding hydrogens is 282 g/mol. The molecule has 1 amide bonds. The van der Waals surface area contributed by atoms with Gasteiger partial charge in [0.2, 0.25) is 0 Å². The van der Waals surface area contributed by atoms with E-state index in [1.165, 1.54) is 18.4 Å². The van der Waals surface area contributed by atoms with Crippen molar-refractivity contribution in [3.05, 3.63) is 35.4 Å². The maximum atomic E-state index is 13.0. The maximum absolute atomic E-state index is 13.0. The number of rotatable bonds is 1. The van der Waals surface area contributed by atoms with Gasteiger partial charge in [-0.25, -0.2) is 0 Å². The number of benzene rings is 1. The quantitative estimate of drug-likeness (QED) is 0.712. The standard InChI is InChI=1S/C21H31NO/c1-19(2,3)16-9-7-15(8-10-16)18(23)22-14-21(6)12-17(22)11-20(4,5)13-21/h7-10,17H,11-14H2,1-6H3. The van der Waals surface area contributed by atoms with Crippen LogP contribution in [0.5, 0.6) is 0 Å². The Kier molecular flexibility index (Phi) is 3.66. The van der Waals surface area contributed by atoms with E-state index in [1.54, 1.807) is 0 Å². The van der Waals surface area contributed by atoms with Crippen LogP contribution in [0.2, 0.25) is 0 Å². The zero-order chi connectivity index (χ0) is 17.0. The van der Waals surface area contributed by atoms with Crippen LogP contribution >= 0.6 is 0 Å². The third kappa shape index (κ3) is 3.18. The summed E-state index contributed by atoms with van der Waals surface area (Å²) in [6.07, 6.45) is 3.53. The van der Waals surface area contributed by atoms with Crippen LogP contribution in [-0.2, 0) is 5.41 Å². The molecule has 1 aliphatic heterocycles. The highest BCUT2D eigenvalue weighted by molar-refractivity contribution is 5.94. The molecule has 1 heterocycles. The van der Waals surface area contributed by atoms with Crippen molar-refractivity contribution in [3.63, 3.8) is 0 Å². The molecule has 1 saturated heterocycles. The fraction of sp³-hybridized carbons (Fsp3) is 0.667. The van der Waals surface area contributed by atoms with Gasteiger partial charge in [0.05, 0.1) is 0 Å². The molecule has 3 rings (SSSR count). The zero-order valence-corrected chi connectivity index (χ0v) is 15.6. The molecule has 23 heavy (non-hydrogen) atoms. The Morgan fingerprint density at radius 2 is 1.70 bits per heavy atom. The van der Waals surface area contributed by atoms with E-state index in [2.05, 4.69) is 58.6 Å². The lowest BCUT2D eigenvalue weighted by atomic mass is 9.65. The Morgan fingerprint density at radius 1 is 1.09 bits per heavy atom. The van der Waals surface area contributed by atoms with Crippen LogP contribution in [0.1, 0.15) is 76.7 Å². The minimum atomic E-state index is 0.128. The smallest absolute Gasteiger partial charge is 0.254 e. The van der Waals surface area contributed by atoms with Gasteiger partial charge in [0.1, 0.15) is 0 Å². The van der Waals surface area contributed by atoms with Gasteiger partial charge in [0.15, 0.2) is 0 Å². The molecular formula is C21H31NO. The minimum absolute atomic E-state index is 0.128. The molecule has 0 aromatic heterocycles. The predicted octanol–water partition coefficient (Wildman–Crippen LogP) is 5.02. The Morgan fingerprint density at radius 3 is 2.26 bits per heavy atom. The maximum Gasteiger partial charge on any atom is 0.254 e. The van der Waals surface area contributed by atoms with Crippen LogP contribution in [0.15, 0.2) is 24.3 Å². The van der Waals surface area contributed by atoms with Gasteiger partial charge in [0.25, 0.3) is 5.91 Å². The summed E-state index contributed by atoms with van der Waals surface area (Å²) in [6.45, 7) is 14.6. The molecule has 2 bridgehead atoms. The fourth-order valence-corrected chi connectivity index (χ4v) is 4.98. The zero-order valence-electron chi connectivity index (χ0n) is 15.6. The first kappa shape index (κ1) is 16.5. The molecule has 2 nitrogen and oxygen atoms in total. The van der Waals surface area contributed by atoms with Crippen molar-refractivity contribution in [2.75, 3.05) is 6.54 Å². The molecule has 1 aliphatic carbocycles. The second-order valence-electron chi connectivity index (χ2n) is 9.97. The number of carbonyl (C=O) groups excluding carboxylic acids is 1. The van der Waals surface area contributed by atoms with Gasteiger partial charge in [-0.1, -0.05) is 53.7 Å². The van der Waals surface area contributed by atoms with Gasteiger partial charge in [-0.15, -0.1) is 0 Å². The van der Waals surface area contributed by atoms with Gasteiger partial charge in [0, 0.05) is 18.2 Å². The molecule has 126 valence electrons. The largest absolute Gasteiger partial charge is 0.335 e. The highest BCUT2D eigenvalue weighted by atomic mass is 16.2. The number of likely N-dealkylation sites (tertiary alicyclic amines) is 1. The first-order chi connectivity index (χ1) is 10.5. The van der Waals surface area contributed by atoms with Gasteiger partial charge < -0.3 is 4.90 Å². The molecule has 2 fully saturated rings. The van der Waals surface area contributed by atoms with Gasteiger partial charge in [-0.3, -0.25) is 4.79 Å². The molecule has 1 aromatic rings. The molecule has 2 atom stereocenters. The summed E-state index contributed by atoms with van der Waals surface area (Å²) in [7, 11) is 0. The summed E-state index contributed by atoms with van der Waals surface area (Å²) >= 11 is 0. The molecule has 1 aromatic carbocycles. The van der Waals surface area contributed by atoms with Crippen LogP contribution in [0.3, 0.4) is 0 Å². The fourth-order valence-electron chi connectivity index (χ4n) is 4.98. The Labute approximate surface area is 141 Å². The third-order valence-electron chi connectivity index (χ3n) is 5.67. The lowest BCUT2D eigenvalue weighted by Gasteiger charge is -2.39. The van der Waals surface area contributed by atoms with Crippen LogP contribution in [0.4, 0.5) is 0 Å². The molecule has 2 heteroatoms. The second-order valence-corrected chi connectivity index (χ2v) is 9.97.